The summed E-state index contributed by atoms with van der Waals surface area (Å²) >= 11 is 0. The summed E-state index contributed by atoms with van der Waals surface area (Å²) in [5.74, 6) is 0.238. The molecular weight excluding hydrogens is 238 g/mol. The fourth-order valence-electron chi connectivity index (χ4n) is 3.09. The van der Waals surface area contributed by atoms with Crippen molar-refractivity contribution in [2.75, 3.05) is 38.1 Å². The maximum Gasteiger partial charge on any atom is 0.241 e. The summed E-state index contributed by atoms with van der Waals surface area (Å²) in [6.07, 6.45) is 2.13. The Morgan fingerprint density at radius 2 is 2.21 bits per heavy atom. The highest BCUT2D eigenvalue weighted by Crippen LogP contribution is 2.27. The second-order valence-electron chi connectivity index (χ2n) is 5.43. The molecule has 0 aliphatic carbocycles. The first kappa shape index (κ1) is 12.6. The number of nitrogens with one attached hydrogen (secondary N) is 1. The topological polar surface area (TPSA) is 35.6 Å². The number of likely N-dealkylation sites (N-methyl/N-ethyl adjacent to an activating group) is 1. The molecule has 102 valence electrons. The van der Waals surface area contributed by atoms with E-state index in [2.05, 4.69) is 22.3 Å². The SMILES string of the molecule is CNC1CCN(CC(=O)N2CCc3ccccc32)C1. The molecule has 0 spiro atoms. The van der Waals surface area contributed by atoms with Crippen molar-refractivity contribution in [2.24, 2.45) is 0 Å². The van der Waals surface area contributed by atoms with E-state index in [-0.39, 0.29) is 5.91 Å². The number of likely N-dealkylation sites (tertiary alicyclic amines) is 1. The van der Waals surface area contributed by atoms with Gasteiger partial charge in [-0.05, 0) is 31.5 Å². The molecule has 1 unspecified atom stereocenters. The predicted octanol–water partition coefficient (Wildman–Crippen LogP) is 0.869. The minimum Gasteiger partial charge on any atom is -0.316 e. The van der Waals surface area contributed by atoms with Crippen LogP contribution in [0, 0.1) is 0 Å². The summed E-state index contributed by atoms with van der Waals surface area (Å²) in [7, 11) is 1.99. The third-order valence-corrected chi connectivity index (χ3v) is 4.23. The first-order valence-corrected chi connectivity index (χ1v) is 7.06. The Morgan fingerprint density at radius 3 is 3.00 bits per heavy atom. The smallest absolute Gasteiger partial charge is 0.241 e. The Labute approximate surface area is 114 Å². The van der Waals surface area contributed by atoms with Crippen LogP contribution in [0.2, 0.25) is 0 Å². The molecule has 2 aliphatic heterocycles. The number of anilines is 1. The molecule has 0 saturated carbocycles. The quantitative estimate of drug-likeness (QED) is 0.875. The van der Waals surface area contributed by atoms with Crippen molar-refractivity contribution in [1.82, 2.24) is 10.2 Å². The zero-order valence-electron chi connectivity index (χ0n) is 11.4. The molecule has 4 heteroatoms. The van der Waals surface area contributed by atoms with Crippen molar-refractivity contribution in [3.63, 3.8) is 0 Å². The van der Waals surface area contributed by atoms with Crippen LogP contribution in [0.1, 0.15) is 12.0 Å². The number of carbonyl (C=O) groups is 1. The van der Waals surface area contributed by atoms with Gasteiger partial charge in [0.1, 0.15) is 0 Å². The maximum atomic E-state index is 12.4. The molecule has 1 aromatic rings. The van der Waals surface area contributed by atoms with E-state index >= 15 is 0 Å². The van der Waals surface area contributed by atoms with Gasteiger partial charge < -0.3 is 10.2 Å². The minimum atomic E-state index is 0.238. The van der Waals surface area contributed by atoms with Gasteiger partial charge in [0, 0.05) is 31.4 Å². The van der Waals surface area contributed by atoms with E-state index in [1.165, 1.54) is 5.56 Å². The van der Waals surface area contributed by atoms with E-state index in [4.69, 9.17) is 0 Å². The summed E-state index contributed by atoms with van der Waals surface area (Å²) in [6, 6.07) is 8.77. The molecule has 3 rings (SSSR count). The summed E-state index contributed by atoms with van der Waals surface area (Å²) in [4.78, 5) is 16.6. The summed E-state index contributed by atoms with van der Waals surface area (Å²) in [6.45, 7) is 3.39. The van der Waals surface area contributed by atoms with Crippen molar-refractivity contribution in [3.8, 4) is 0 Å². The average molecular weight is 259 g/mol. The van der Waals surface area contributed by atoms with Crippen molar-refractivity contribution in [1.29, 1.82) is 0 Å². The highest BCUT2D eigenvalue weighted by Gasteiger charge is 2.28. The first-order valence-electron chi connectivity index (χ1n) is 7.06. The van der Waals surface area contributed by atoms with Crippen LogP contribution in [-0.4, -0.2) is 50.1 Å². The van der Waals surface area contributed by atoms with Gasteiger partial charge in [-0.2, -0.15) is 0 Å². The van der Waals surface area contributed by atoms with E-state index in [9.17, 15) is 4.79 Å². The monoisotopic (exact) mass is 259 g/mol. The predicted molar refractivity (Wildman–Crippen MR) is 76.4 cm³/mol. The molecule has 1 saturated heterocycles. The van der Waals surface area contributed by atoms with Gasteiger partial charge >= 0.3 is 0 Å². The number of benzene rings is 1. The van der Waals surface area contributed by atoms with Gasteiger partial charge in [0.05, 0.1) is 6.54 Å². The molecule has 2 heterocycles. The van der Waals surface area contributed by atoms with Gasteiger partial charge in [-0.15, -0.1) is 0 Å². The third-order valence-electron chi connectivity index (χ3n) is 4.23. The van der Waals surface area contributed by atoms with Gasteiger partial charge in [-0.25, -0.2) is 0 Å². The van der Waals surface area contributed by atoms with E-state index in [0.29, 0.717) is 12.6 Å². The Kier molecular flexibility index (Phi) is 3.53. The fourth-order valence-corrected chi connectivity index (χ4v) is 3.09. The summed E-state index contributed by atoms with van der Waals surface area (Å²) < 4.78 is 0. The zero-order valence-corrected chi connectivity index (χ0v) is 11.4. The Hall–Kier alpha value is -1.39. The van der Waals surface area contributed by atoms with E-state index < -0.39 is 0 Å². The lowest BCUT2D eigenvalue weighted by molar-refractivity contribution is -0.119. The number of fused-ring (bicyclic) bond motifs is 1. The van der Waals surface area contributed by atoms with Gasteiger partial charge in [0.2, 0.25) is 5.91 Å². The minimum absolute atomic E-state index is 0.238. The highest BCUT2D eigenvalue weighted by atomic mass is 16.2. The lowest BCUT2D eigenvalue weighted by atomic mass is 10.2. The Morgan fingerprint density at radius 1 is 1.37 bits per heavy atom. The van der Waals surface area contributed by atoms with Crippen LogP contribution in [0.4, 0.5) is 5.69 Å². The molecule has 4 nitrogen and oxygen atoms in total. The molecule has 0 radical (unpaired) electrons. The van der Waals surface area contributed by atoms with Crippen LogP contribution in [0.15, 0.2) is 24.3 Å². The molecule has 1 fully saturated rings. The Bertz CT molecular complexity index is 474. The molecule has 1 atom stereocenters. The van der Waals surface area contributed by atoms with Crippen LogP contribution < -0.4 is 10.2 Å². The van der Waals surface area contributed by atoms with E-state index in [0.717, 1.165) is 38.2 Å². The molecule has 2 aliphatic rings. The van der Waals surface area contributed by atoms with Gasteiger partial charge in [0.15, 0.2) is 0 Å². The standard InChI is InChI=1S/C15H21N3O/c1-16-13-7-8-17(10-13)11-15(19)18-9-6-12-4-2-3-5-14(12)18/h2-5,13,16H,6-11H2,1H3. The molecule has 1 amide bonds. The molecule has 1 aromatic carbocycles. The number of hydrogen-bond acceptors (Lipinski definition) is 3. The second-order valence-corrected chi connectivity index (χ2v) is 5.43. The Balaban J connectivity index is 1.63. The van der Waals surface area contributed by atoms with Gasteiger partial charge in [-0.1, -0.05) is 18.2 Å². The van der Waals surface area contributed by atoms with Crippen molar-refractivity contribution < 1.29 is 4.79 Å². The number of nitrogens with zero attached hydrogens (tertiary/aromatic N) is 2. The van der Waals surface area contributed by atoms with Crippen LogP contribution in [0.3, 0.4) is 0 Å². The molecule has 0 bridgehead atoms. The van der Waals surface area contributed by atoms with Crippen LogP contribution >= 0.6 is 0 Å². The van der Waals surface area contributed by atoms with Crippen molar-refractivity contribution in [3.05, 3.63) is 29.8 Å². The normalized spacial score (nSPS) is 22.8. The number of carbonyl (C=O) groups excluding carboxylic acids is 1. The van der Waals surface area contributed by atoms with E-state index in [1.54, 1.807) is 0 Å². The molecule has 0 aromatic heterocycles. The average Bonchev–Trinajstić information content (AvgIpc) is 3.04. The van der Waals surface area contributed by atoms with Crippen molar-refractivity contribution in [2.45, 2.75) is 18.9 Å². The fraction of sp³-hybridized carbons (Fsp3) is 0.533. The zero-order chi connectivity index (χ0) is 13.2. The molecular formula is C15H21N3O. The van der Waals surface area contributed by atoms with Crippen molar-refractivity contribution >= 4 is 11.6 Å². The highest BCUT2D eigenvalue weighted by molar-refractivity contribution is 5.96. The van der Waals surface area contributed by atoms with Gasteiger partial charge in [0.25, 0.3) is 0 Å². The number of amides is 1. The summed E-state index contributed by atoms with van der Waals surface area (Å²) in [5.41, 5.74) is 2.40. The third kappa shape index (κ3) is 2.51. The van der Waals surface area contributed by atoms with Crippen LogP contribution in [0.5, 0.6) is 0 Å². The lowest BCUT2D eigenvalue weighted by Crippen LogP contribution is -2.40. The maximum absolute atomic E-state index is 12.4. The number of hydrogen-bond donors (Lipinski definition) is 1. The molecule has 1 N–H and O–H groups in total. The number of rotatable bonds is 3. The van der Waals surface area contributed by atoms with Crippen LogP contribution in [0.25, 0.3) is 0 Å². The number of para-hydroxylation sites is 1. The lowest BCUT2D eigenvalue weighted by Gasteiger charge is -2.21. The summed E-state index contributed by atoms with van der Waals surface area (Å²) in [5, 5.41) is 3.29. The van der Waals surface area contributed by atoms with Gasteiger partial charge in [-0.3, -0.25) is 9.69 Å². The second kappa shape index (κ2) is 5.31. The first-order chi connectivity index (χ1) is 9.28. The van der Waals surface area contributed by atoms with E-state index in [1.807, 2.05) is 24.1 Å². The molecule has 19 heavy (non-hydrogen) atoms. The van der Waals surface area contributed by atoms with Crippen LogP contribution in [-0.2, 0) is 11.2 Å². The largest absolute Gasteiger partial charge is 0.316 e.